The van der Waals surface area contributed by atoms with Gasteiger partial charge in [-0.3, -0.25) is 4.79 Å². The number of fused-ring (bicyclic) bond motifs is 3. The van der Waals surface area contributed by atoms with E-state index in [1.54, 1.807) is 12.1 Å². The van der Waals surface area contributed by atoms with Gasteiger partial charge in [-0.15, -0.1) is 0 Å². The van der Waals surface area contributed by atoms with Gasteiger partial charge in [-0.1, -0.05) is 74.3 Å². The van der Waals surface area contributed by atoms with E-state index >= 15 is 0 Å². The largest absolute Gasteiger partial charge is 0.461 e. The summed E-state index contributed by atoms with van der Waals surface area (Å²) in [6.07, 6.45) is -0.0722. The van der Waals surface area contributed by atoms with Crippen molar-refractivity contribution in [3.05, 3.63) is 98.4 Å². The number of halogens is 2. The van der Waals surface area contributed by atoms with E-state index in [-0.39, 0.29) is 11.8 Å². The molecule has 0 N–H and O–H groups in total. The molecule has 5 rings (SSSR count). The number of rotatable bonds is 3. The fourth-order valence-electron chi connectivity index (χ4n) is 3.79. The van der Waals surface area contributed by atoms with Crippen LogP contribution in [0.5, 0.6) is 5.75 Å². The minimum absolute atomic E-state index is 0.0455. The molecule has 4 nitrogen and oxygen atoms in total. The third kappa shape index (κ3) is 3.40. The molecule has 144 valence electrons. The van der Waals surface area contributed by atoms with Gasteiger partial charge in [0.25, 0.3) is 6.23 Å². The van der Waals surface area contributed by atoms with Crippen LogP contribution in [-0.2, 0) is 0 Å². The highest BCUT2D eigenvalue weighted by Gasteiger charge is 2.43. The number of ether oxygens (including phenoxy) is 1. The van der Waals surface area contributed by atoms with Crippen LogP contribution in [0.3, 0.4) is 0 Å². The molecule has 0 spiro atoms. The van der Waals surface area contributed by atoms with Crippen LogP contribution in [-0.4, -0.2) is 22.7 Å². The van der Waals surface area contributed by atoms with Gasteiger partial charge >= 0.3 is 0 Å². The average Bonchev–Trinajstić information content (AvgIpc) is 3.20. The van der Waals surface area contributed by atoms with Gasteiger partial charge in [0.15, 0.2) is 0 Å². The van der Waals surface area contributed by atoms with Crippen molar-refractivity contribution in [3.8, 4) is 5.75 Å². The molecule has 0 fully saturated rings. The van der Waals surface area contributed by atoms with E-state index in [0.717, 1.165) is 38.0 Å². The molecule has 0 saturated carbocycles. The Morgan fingerprint density at radius 1 is 0.966 bits per heavy atom. The maximum Gasteiger partial charge on any atom is 0.251 e. The molecule has 0 amide bonds. The third-order valence-corrected chi connectivity index (χ3v) is 6.23. The zero-order chi connectivity index (χ0) is 20.0. The van der Waals surface area contributed by atoms with Gasteiger partial charge < -0.3 is 4.74 Å². The van der Waals surface area contributed by atoms with E-state index in [9.17, 15) is 4.79 Å². The Kier molecular flexibility index (Phi) is 4.76. The fourth-order valence-corrected chi connectivity index (χ4v) is 4.44. The van der Waals surface area contributed by atoms with Crippen molar-refractivity contribution in [3.63, 3.8) is 0 Å². The number of ketones is 1. The molecule has 0 saturated heterocycles. The summed E-state index contributed by atoms with van der Waals surface area (Å²) in [5.74, 6) is 0.628. The summed E-state index contributed by atoms with van der Waals surface area (Å²) < 4.78 is 8.07. The number of benzene rings is 3. The fraction of sp³-hybridized carbons (Fsp3) is 0.130. The summed E-state index contributed by atoms with van der Waals surface area (Å²) in [4.78, 5) is 13.3. The number of hydrogen-bond donors (Lipinski definition) is 0. The Balaban J connectivity index is 1.57. The smallest absolute Gasteiger partial charge is 0.251 e. The van der Waals surface area contributed by atoms with Crippen molar-refractivity contribution < 1.29 is 9.53 Å². The number of Topliss-reactive ketones (excluding diaryl/α,β-unsaturated/α-hetero) is 1. The van der Waals surface area contributed by atoms with Gasteiger partial charge in [0.2, 0.25) is 5.78 Å². The second-order valence-electron chi connectivity index (χ2n) is 7.04. The number of hydrazone groups is 1. The van der Waals surface area contributed by atoms with E-state index < -0.39 is 6.23 Å². The predicted molar refractivity (Wildman–Crippen MR) is 119 cm³/mol. The van der Waals surface area contributed by atoms with E-state index in [2.05, 4.69) is 37.9 Å². The Bertz CT molecular complexity index is 1110. The molecule has 0 unspecified atom stereocenters. The van der Waals surface area contributed by atoms with E-state index in [1.807, 2.05) is 59.6 Å². The SMILES string of the molecule is O=C(c1ccc(Br)cc1)[C@@H]1Oc2ccc(Br)cc2[C@H]2CC(c3ccccc3)=NN21. The van der Waals surface area contributed by atoms with Crippen molar-refractivity contribution in [2.75, 3.05) is 0 Å². The first-order valence-corrected chi connectivity index (χ1v) is 10.9. The monoisotopic (exact) mass is 510 g/mol. The molecule has 6 heteroatoms. The van der Waals surface area contributed by atoms with Gasteiger partial charge in [0.1, 0.15) is 5.75 Å². The summed E-state index contributed by atoms with van der Waals surface area (Å²) >= 11 is 6.97. The van der Waals surface area contributed by atoms with Crippen molar-refractivity contribution in [1.29, 1.82) is 0 Å². The van der Waals surface area contributed by atoms with Crippen molar-refractivity contribution in [2.45, 2.75) is 18.7 Å². The summed E-state index contributed by atoms with van der Waals surface area (Å²) in [6, 6.07) is 23.3. The summed E-state index contributed by atoms with van der Waals surface area (Å²) in [7, 11) is 0. The lowest BCUT2D eigenvalue weighted by Gasteiger charge is -2.37. The normalized spacial score (nSPS) is 19.8. The van der Waals surface area contributed by atoms with E-state index in [4.69, 9.17) is 9.84 Å². The number of carbonyl (C=O) groups is 1. The van der Waals surface area contributed by atoms with Crippen LogP contribution in [0.15, 0.2) is 86.8 Å². The summed E-state index contributed by atoms with van der Waals surface area (Å²) in [5, 5.41) is 6.65. The summed E-state index contributed by atoms with van der Waals surface area (Å²) in [6.45, 7) is 0. The third-order valence-electron chi connectivity index (χ3n) is 5.21. The lowest BCUT2D eigenvalue weighted by molar-refractivity contribution is -0.00459. The van der Waals surface area contributed by atoms with Crippen LogP contribution < -0.4 is 4.74 Å². The van der Waals surface area contributed by atoms with Crippen molar-refractivity contribution in [2.24, 2.45) is 5.10 Å². The van der Waals surface area contributed by atoms with E-state index in [0.29, 0.717) is 5.56 Å². The van der Waals surface area contributed by atoms with Gasteiger partial charge in [-0.2, -0.15) is 5.10 Å². The Morgan fingerprint density at radius 2 is 1.69 bits per heavy atom. The Hall–Kier alpha value is -2.44. The zero-order valence-corrected chi connectivity index (χ0v) is 18.4. The molecule has 2 atom stereocenters. The topological polar surface area (TPSA) is 41.9 Å². The van der Waals surface area contributed by atoms with Gasteiger partial charge in [0.05, 0.1) is 11.8 Å². The van der Waals surface area contributed by atoms with Crippen LogP contribution in [0, 0.1) is 0 Å². The minimum Gasteiger partial charge on any atom is -0.461 e. The lowest BCUT2D eigenvalue weighted by atomic mass is 9.96. The predicted octanol–water partition coefficient (Wildman–Crippen LogP) is 5.96. The quantitative estimate of drug-likeness (QED) is 0.407. The second-order valence-corrected chi connectivity index (χ2v) is 8.87. The Labute approximate surface area is 185 Å². The molecule has 0 radical (unpaired) electrons. The lowest BCUT2D eigenvalue weighted by Crippen LogP contribution is -2.45. The number of nitrogens with zero attached hydrogens (tertiary/aromatic N) is 2. The molecule has 0 bridgehead atoms. The Morgan fingerprint density at radius 3 is 2.45 bits per heavy atom. The molecule has 2 aliphatic rings. The highest BCUT2D eigenvalue weighted by atomic mass is 79.9. The first-order valence-electron chi connectivity index (χ1n) is 9.27. The number of carbonyl (C=O) groups excluding carboxylic acids is 1. The van der Waals surface area contributed by atoms with Crippen LogP contribution in [0.1, 0.15) is 33.9 Å². The molecule has 2 aliphatic heterocycles. The number of hydrogen-bond acceptors (Lipinski definition) is 4. The van der Waals surface area contributed by atoms with Gasteiger partial charge in [-0.25, -0.2) is 5.01 Å². The minimum atomic E-state index is -0.795. The van der Waals surface area contributed by atoms with E-state index in [1.165, 1.54) is 0 Å². The van der Waals surface area contributed by atoms with Crippen molar-refractivity contribution >= 4 is 43.4 Å². The molecular formula is C23H16Br2N2O2. The first kappa shape index (κ1) is 18.6. The highest BCUT2D eigenvalue weighted by molar-refractivity contribution is 9.10. The average molecular weight is 512 g/mol. The molecular weight excluding hydrogens is 496 g/mol. The van der Waals surface area contributed by atoms with Crippen LogP contribution in [0.2, 0.25) is 0 Å². The molecule has 29 heavy (non-hydrogen) atoms. The molecule has 3 aromatic carbocycles. The molecule has 2 heterocycles. The maximum atomic E-state index is 13.3. The second kappa shape index (κ2) is 7.43. The van der Waals surface area contributed by atoms with Crippen LogP contribution in [0.25, 0.3) is 0 Å². The van der Waals surface area contributed by atoms with Crippen LogP contribution >= 0.6 is 31.9 Å². The molecule has 0 aromatic heterocycles. The first-order chi connectivity index (χ1) is 14.1. The maximum absolute atomic E-state index is 13.3. The molecule has 3 aromatic rings. The molecule has 0 aliphatic carbocycles. The summed E-state index contributed by atoms with van der Waals surface area (Å²) in [5.41, 5.74) is 3.66. The van der Waals surface area contributed by atoms with Crippen LogP contribution in [0.4, 0.5) is 0 Å². The van der Waals surface area contributed by atoms with Crippen molar-refractivity contribution in [1.82, 2.24) is 5.01 Å². The highest BCUT2D eigenvalue weighted by Crippen LogP contribution is 2.44. The van der Waals surface area contributed by atoms with Gasteiger partial charge in [0, 0.05) is 26.5 Å². The van der Waals surface area contributed by atoms with Gasteiger partial charge in [-0.05, 0) is 35.9 Å². The zero-order valence-electron chi connectivity index (χ0n) is 15.3. The standard InChI is InChI=1S/C23H16Br2N2O2/c24-16-8-6-15(7-9-16)22(28)23-27-20(18-12-17(25)10-11-21(18)29-23)13-19(26-27)14-4-2-1-3-5-14/h1-12,20,23H,13H2/t20-,23+/m1/s1.